The molecular formula is C36H50N2O8. The van der Waals surface area contributed by atoms with E-state index in [1.54, 1.807) is 19.4 Å². The fourth-order valence-electron chi connectivity index (χ4n) is 10.8. The van der Waals surface area contributed by atoms with Crippen molar-refractivity contribution >= 4 is 12.2 Å². The first-order valence-electron chi connectivity index (χ1n) is 17.3. The van der Waals surface area contributed by atoms with E-state index in [1.165, 1.54) is 0 Å². The summed E-state index contributed by atoms with van der Waals surface area (Å²) in [6, 6.07) is 3.92. The van der Waals surface area contributed by atoms with Gasteiger partial charge in [-0.05, 0) is 93.2 Å². The second kappa shape index (κ2) is 12.0. The maximum atomic E-state index is 12.8. The molecule has 3 heterocycles. The predicted molar refractivity (Wildman–Crippen MR) is 169 cm³/mol. The number of aromatic nitrogens is 1. The van der Waals surface area contributed by atoms with E-state index in [1.807, 2.05) is 31.5 Å². The standard InChI is InChI=1S/C36H50N2O8/c1-22-32(40)29(43-3)16-31(45-22)46-25-6-11-34(21-38-19-23-5-4-14-37-18-23)27-7-10-33(2)26(24-15-30(39)44-20-24)9-13-36(33,42)28(27)8-12-35(34,41)17-25/h4-5,14-15,18,21-22,25-29,31-32,40-42H,6-13,16-17,19-20H2,1-3H3/t22?,25?,26-,27-,28?,29?,31?,32?,33+,34-,35?,36?/m0/s1. The highest BCUT2D eigenvalue weighted by atomic mass is 16.7. The molecule has 6 aliphatic rings. The van der Waals surface area contributed by atoms with Gasteiger partial charge in [0.05, 0.1) is 36.1 Å². The van der Waals surface area contributed by atoms with Gasteiger partial charge in [-0.2, -0.15) is 0 Å². The molecule has 4 saturated carbocycles. The third-order valence-electron chi connectivity index (χ3n) is 13.2. The highest BCUT2D eigenvalue weighted by Gasteiger charge is 2.71. The van der Waals surface area contributed by atoms with E-state index < -0.39 is 35.1 Å². The Morgan fingerprint density at radius 3 is 2.70 bits per heavy atom. The number of rotatable bonds is 7. The summed E-state index contributed by atoms with van der Waals surface area (Å²) >= 11 is 0. The zero-order valence-corrected chi connectivity index (χ0v) is 27.3. The highest BCUT2D eigenvalue weighted by molar-refractivity contribution is 5.85. The molecule has 4 aliphatic carbocycles. The Morgan fingerprint density at radius 2 is 1.96 bits per heavy atom. The molecule has 0 amide bonds. The number of ether oxygens (including phenoxy) is 4. The first-order chi connectivity index (χ1) is 22.0. The van der Waals surface area contributed by atoms with Gasteiger partial charge < -0.3 is 34.3 Å². The Morgan fingerprint density at radius 1 is 1.13 bits per heavy atom. The Kier molecular flexibility index (Phi) is 8.46. The van der Waals surface area contributed by atoms with E-state index in [-0.39, 0.29) is 41.3 Å². The van der Waals surface area contributed by atoms with Crippen LogP contribution in [0.1, 0.15) is 83.6 Å². The second-order valence-electron chi connectivity index (χ2n) is 15.2. The number of nitrogens with zero attached hydrogens (tertiary/aromatic N) is 2. The van der Waals surface area contributed by atoms with Crippen molar-refractivity contribution in [3.8, 4) is 0 Å². The normalized spacial score (nSPS) is 47.2. The summed E-state index contributed by atoms with van der Waals surface area (Å²) in [4.78, 5) is 21.2. The smallest absolute Gasteiger partial charge is 0.331 e. The highest BCUT2D eigenvalue weighted by Crippen LogP contribution is 2.70. The van der Waals surface area contributed by atoms with Crippen molar-refractivity contribution < 1.29 is 39.1 Å². The largest absolute Gasteiger partial charge is 0.458 e. The number of pyridine rings is 1. The molecule has 2 aliphatic heterocycles. The van der Waals surface area contributed by atoms with Gasteiger partial charge in [0.2, 0.25) is 0 Å². The van der Waals surface area contributed by atoms with Gasteiger partial charge >= 0.3 is 5.97 Å². The minimum atomic E-state index is -1.06. The van der Waals surface area contributed by atoms with Crippen molar-refractivity contribution in [2.24, 2.45) is 33.6 Å². The number of aliphatic imine (C=N–C) groups is 1. The number of aliphatic hydroxyl groups excluding tert-OH is 1. The summed E-state index contributed by atoms with van der Waals surface area (Å²) in [6.07, 6.45) is 11.8. The molecule has 0 bridgehead atoms. The monoisotopic (exact) mass is 638 g/mol. The molecule has 8 unspecified atom stereocenters. The summed E-state index contributed by atoms with van der Waals surface area (Å²) < 4.78 is 23.4. The third kappa shape index (κ3) is 5.10. The molecule has 5 fully saturated rings. The van der Waals surface area contributed by atoms with Gasteiger partial charge in [-0.25, -0.2) is 4.79 Å². The lowest BCUT2D eigenvalue weighted by atomic mass is 9.41. The van der Waals surface area contributed by atoms with Crippen molar-refractivity contribution in [3.05, 3.63) is 41.7 Å². The van der Waals surface area contributed by atoms with Crippen LogP contribution in [0.25, 0.3) is 0 Å². The maximum absolute atomic E-state index is 12.8. The molecule has 3 N–H and O–H groups in total. The average Bonchev–Trinajstić information content (AvgIpc) is 3.58. The van der Waals surface area contributed by atoms with Crippen LogP contribution in [-0.4, -0.2) is 88.1 Å². The summed E-state index contributed by atoms with van der Waals surface area (Å²) in [5.74, 6) is -0.118. The van der Waals surface area contributed by atoms with Crippen LogP contribution in [-0.2, 0) is 30.3 Å². The van der Waals surface area contributed by atoms with Crippen LogP contribution < -0.4 is 0 Å². The summed E-state index contributed by atoms with van der Waals surface area (Å²) in [5.41, 5.74) is -0.931. The van der Waals surface area contributed by atoms with E-state index in [2.05, 4.69) is 11.9 Å². The molecule has 10 nitrogen and oxygen atoms in total. The lowest BCUT2D eigenvalue weighted by molar-refractivity contribution is -0.284. The number of cyclic esters (lactones) is 1. The lowest BCUT2D eigenvalue weighted by Gasteiger charge is -2.66. The van der Waals surface area contributed by atoms with E-state index in [4.69, 9.17) is 23.9 Å². The minimum Gasteiger partial charge on any atom is -0.458 e. The molecule has 7 rings (SSSR count). The SMILES string of the molecule is COC1CC(OC2CC[C@]3(C=NCc4cccnc4)[C@H]4CC[C@]5(C)[C@H](C6=CC(=O)OC6)CCC5(O)C4CCC3(O)C2)OC(C)C1O. The summed E-state index contributed by atoms with van der Waals surface area (Å²) in [5, 5.41) is 36.0. The fourth-order valence-corrected chi connectivity index (χ4v) is 10.8. The van der Waals surface area contributed by atoms with Crippen LogP contribution in [0.2, 0.25) is 0 Å². The Bertz CT molecular complexity index is 1360. The molecule has 1 aromatic heterocycles. The van der Waals surface area contributed by atoms with Crippen LogP contribution in [0.4, 0.5) is 0 Å². The summed E-state index contributed by atoms with van der Waals surface area (Å²) in [6.45, 7) is 4.84. The number of aliphatic hydroxyl groups is 3. The molecular weight excluding hydrogens is 588 g/mol. The van der Waals surface area contributed by atoms with Crippen molar-refractivity contribution in [2.45, 2.75) is 127 Å². The van der Waals surface area contributed by atoms with Gasteiger partial charge in [-0.3, -0.25) is 9.98 Å². The summed E-state index contributed by atoms with van der Waals surface area (Å²) in [7, 11) is 1.59. The van der Waals surface area contributed by atoms with E-state index in [0.29, 0.717) is 51.7 Å². The van der Waals surface area contributed by atoms with Crippen molar-refractivity contribution in [1.82, 2.24) is 4.98 Å². The van der Waals surface area contributed by atoms with Crippen molar-refractivity contribution in [3.63, 3.8) is 0 Å². The van der Waals surface area contributed by atoms with Gasteiger partial charge in [-0.15, -0.1) is 0 Å². The molecule has 12 atom stereocenters. The lowest BCUT2D eigenvalue weighted by Crippen LogP contribution is -2.69. The van der Waals surface area contributed by atoms with Crippen molar-refractivity contribution in [2.75, 3.05) is 13.7 Å². The van der Waals surface area contributed by atoms with Crippen LogP contribution >= 0.6 is 0 Å². The number of hydrogen-bond donors (Lipinski definition) is 3. The second-order valence-corrected chi connectivity index (χ2v) is 15.2. The predicted octanol–water partition coefficient (Wildman–Crippen LogP) is 3.90. The quantitative estimate of drug-likeness (QED) is 0.231. The Balaban J connectivity index is 1.17. The maximum Gasteiger partial charge on any atom is 0.331 e. The molecule has 1 saturated heterocycles. The molecule has 252 valence electrons. The zero-order valence-electron chi connectivity index (χ0n) is 27.3. The third-order valence-corrected chi connectivity index (χ3v) is 13.2. The first-order valence-corrected chi connectivity index (χ1v) is 17.3. The van der Waals surface area contributed by atoms with Crippen molar-refractivity contribution in [1.29, 1.82) is 0 Å². The van der Waals surface area contributed by atoms with E-state index >= 15 is 0 Å². The molecule has 10 heteroatoms. The number of carbonyl (C=O) groups excluding carboxylic acids is 1. The molecule has 46 heavy (non-hydrogen) atoms. The zero-order chi connectivity index (χ0) is 32.3. The average molecular weight is 639 g/mol. The minimum absolute atomic E-state index is 0.00364. The fraction of sp³-hybridized carbons (Fsp3) is 0.750. The van der Waals surface area contributed by atoms with Gasteiger partial charge in [0.15, 0.2) is 6.29 Å². The molecule has 0 radical (unpaired) electrons. The number of carbonyl (C=O) groups is 1. The number of methoxy groups -OCH3 is 1. The number of fused-ring (bicyclic) bond motifs is 5. The molecule has 1 aromatic rings. The first kappa shape index (κ1) is 32.3. The molecule has 0 spiro atoms. The van der Waals surface area contributed by atoms with Gasteiger partial charge in [0, 0.05) is 55.5 Å². The van der Waals surface area contributed by atoms with E-state index in [9.17, 15) is 20.1 Å². The van der Waals surface area contributed by atoms with Gasteiger partial charge in [-0.1, -0.05) is 13.0 Å². The van der Waals surface area contributed by atoms with Gasteiger partial charge in [0.1, 0.15) is 12.7 Å². The van der Waals surface area contributed by atoms with Crippen LogP contribution in [0.3, 0.4) is 0 Å². The van der Waals surface area contributed by atoms with Gasteiger partial charge in [0.25, 0.3) is 0 Å². The molecule has 0 aromatic carbocycles. The van der Waals surface area contributed by atoms with Crippen LogP contribution in [0.5, 0.6) is 0 Å². The van der Waals surface area contributed by atoms with Crippen LogP contribution in [0.15, 0.2) is 41.2 Å². The van der Waals surface area contributed by atoms with E-state index in [0.717, 1.165) is 36.8 Å². The Hall–Kier alpha value is -2.21. The number of hydrogen-bond acceptors (Lipinski definition) is 10. The topological polar surface area (TPSA) is 140 Å². The van der Waals surface area contributed by atoms with Crippen LogP contribution in [0, 0.1) is 28.6 Å². The Labute approximate surface area is 271 Å². The number of esters is 1.